The highest BCUT2D eigenvalue weighted by Gasteiger charge is 2.41. The van der Waals surface area contributed by atoms with Gasteiger partial charge in [-0.15, -0.1) is 0 Å². The lowest BCUT2D eigenvalue weighted by molar-refractivity contribution is 0.0971. The lowest BCUT2D eigenvalue weighted by Gasteiger charge is -2.39. The van der Waals surface area contributed by atoms with Gasteiger partial charge in [-0.3, -0.25) is 4.90 Å². The first-order chi connectivity index (χ1) is 9.28. The van der Waals surface area contributed by atoms with Crippen molar-refractivity contribution in [3.8, 4) is 0 Å². The van der Waals surface area contributed by atoms with E-state index in [0.717, 1.165) is 45.4 Å². The van der Waals surface area contributed by atoms with Crippen molar-refractivity contribution < 1.29 is 5.11 Å². The maximum atomic E-state index is 9.97. The number of nitrogens with one attached hydrogen (secondary N) is 1. The van der Waals surface area contributed by atoms with Crippen LogP contribution in [0, 0.1) is 0 Å². The highest BCUT2D eigenvalue weighted by atomic mass is 16.3. The highest BCUT2D eigenvalue weighted by molar-refractivity contribution is 5.15. The van der Waals surface area contributed by atoms with Crippen molar-refractivity contribution in [2.45, 2.75) is 43.9 Å². The Morgan fingerprint density at radius 2 is 2.05 bits per heavy atom. The van der Waals surface area contributed by atoms with Crippen LogP contribution in [-0.2, 0) is 6.54 Å². The molecule has 2 atom stereocenters. The van der Waals surface area contributed by atoms with E-state index in [2.05, 4.69) is 40.5 Å². The Bertz CT molecular complexity index is 400. The van der Waals surface area contributed by atoms with E-state index in [9.17, 15) is 5.11 Å². The molecule has 1 aromatic rings. The predicted molar refractivity (Wildman–Crippen MR) is 76.9 cm³/mol. The average Bonchev–Trinajstić information content (AvgIpc) is 2.86. The number of nitrogens with zero attached hydrogens (tertiary/aromatic N) is 1. The van der Waals surface area contributed by atoms with Gasteiger partial charge in [0.1, 0.15) is 0 Å². The third kappa shape index (κ3) is 2.83. The molecule has 3 heteroatoms. The maximum Gasteiger partial charge on any atom is 0.0553 e. The molecule has 104 valence electrons. The van der Waals surface area contributed by atoms with Gasteiger partial charge >= 0.3 is 0 Å². The van der Waals surface area contributed by atoms with Crippen LogP contribution in [0.3, 0.4) is 0 Å². The van der Waals surface area contributed by atoms with Gasteiger partial charge in [-0.2, -0.15) is 0 Å². The van der Waals surface area contributed by atoms with Crippen molar-refractivity contribution in [1.82, 2.24) is 10.2 Å². The first-order valence-electron chi connectivity index (χ1n) is 7.46. The Morgan fingerprint density at radius 3 is 2.79 bits per heavy atom. The lowest BCUT2D eigenvalue weighted by Crippen LogP contribution is -2.49. The number of aliphatic hydroxyl groups is 1. The monoisotopic (exact) mass is 260 g/mol. The molecule has 2 fully saturated rings. The van der Waals surface area contributed by atoms with E-state index in [-0.39, 0.29) is 11.6 Å². The van der Waals surface area contributed by atoms with Crippen LogP contribution in [0.15, 0.2) is 30.3 Å². The summed E-state index contributed by atoms with van der Waals surface area (Å²) in [5.74, 6) is 0. The molecule has 0 aliphatic carbocycles. The summed E-state index contributed by atoms with van der Waals surface area (Å²) < 4.78 is 0. The zero-order valence-corrected chi connectivity index (χ0v) is 11.5. The highest BCUT2D eigenvalue weighted by Crippen LogP contribution is 2.33. The first kappa shape index (κ1) is 13.1. The number of aliphatic hydroxyl groups excluding tert-OH is 1. The quantitative estimate of drug-likeness (QED) is 0.850. The third-order valence-corrected chi connectivity index (χ3v) is 4.78. The van der Waals surface area contributed by atoms with Crippen LogP contribution in [0.5, 0.6) is 0 Å². The molecule has 2 saturated heterocycles. The summed E-state index contributed by atoms with van der Waals surface area (Å²) in [6.45, 7) is 4.21. The fourth-order valence-electron chi connectivity index (χ4n) is 3.54. The van der Waals surface area contributed by atoms with Crippen molar-refractivity contribution in [3.05, 3.63) is 35.9 Å². The number of rotatable bonds is 2. The summed E-state index contributed by atoms with van der Waals surface area (Å²) in [6.07, 6.45) is 4.08. The van der Waals surface area contributed by atoms with Crippen LogP contribution in [0.25, 0.3) is 0 Å². The standard InChI is InChI=1S/C16H24N2O/c19-15-6-8-16(9-10-17-13-16)18(11-7-15)12-14-4-2-1-3-5-14/h1-5,15,17,19H,6-13H2. The van der Waals surface area contributed by atoms with Gasteiger partial charge in [0.05, 0.1) is 6.10 Å². The SMILES string of the molecule is OC1CCN(Cc2ccccc2)C2(CCNC2)CC1. The predicted octanol–water partition coefficient (Wildman–Crippen LogP) is 1.77. The Labute approximate surface area is 115 Å². The summed E-state index contributed by atoms with van der Waals surface area (Å²) in [4.78, 5) is 2.61. The molecule has 2 N–H and O–H groups in total. The normalized spacial score (nSPS) is 32.6. The zero-order chi connectivity index (χ0) is 13.1. The van der Waals surface area contributed by atoms with Crippen molar-refractivity contribution in [2.75, 3.05) is 19.6 Å². The van der Waals surface area contributed by atoms with Crippen molar-refractivity contribution in [3.63, 3.8) is 0 Å². The first-order valence-corrected chi connectivity index (χ1v) is 7.46. The third-order valence-electron chi connectivity index (χ3n) is 4.78. The van der Waals surface area contributed by atoms with Gasteiger partial charge in [0.2, 0.25) is 0 Å². The molecule has 2 heterocycles. The van der Waals surface area contributed by atoms with Gasteiger partial charge in [0, 0.05) is 25.2 Å². The molecular formula is C16H24N2O. The molecule has 2 aliphatic heterocycles. The Kier molecular flexibility index (Phi) is 3.87. The lowest BCUT2D eigenvalue weighted by atomic mass is 9.90. The molecule has 0 amide bonds. The molecule has 2 unspecified atom stereocenters. The van der Waals surface area contributed by atoms with Gasteiger partial charge in [0.15, 0.2) is 0 Å². The van der Waals surface area contributed by atoms with Gasteiger partial charge in [-0.1, -0.05) is 30.3 Å². The minimum absolute atomic E-state index is 0.113. The number of hydrogen-bond acceptors (Lipinski definition) is 3. The summed E-state index contributed by atoms with van der Waals surface area (Å²) in [7, 11) is 0. The Morgan fingerprint density at radius 1 is 1.21 bits per heavy atom. The second kappa shape index (κ2) is 5.61. The number of hydrogen-bond donors (Lipinski definition) is 2. The molecule has 3 rings (SSSR count). The Hall–Kier alpha value is -0.900. The van der Waals surface area contributed by atoms with Gasteiger partial charge in [-0.25, -0.2) is 0 Å². The van der Waals surface area contributed by atoms with E-state index >= 15 is 0 Å². The minimum atomic E-state index is -0.113. The molecule has 0 saturated carbocycles. The van der Waals surface area contributed by atoms with E-state index in [1.54, 1.807) is 0 Å². The van der Waals surface area contributed by atoms with Crippen LogP contribution in [0.2, 0.25) is 0 Å². The zero-order valence-electron chi connectivity index (χ0n) is 11.5. The Balaban J connectivity index is 1.79. The van der Waals surface area contributed by atoms with Crippen LogP contribution in [-0.4, -0.2) is 41.3 Å². The van der Waals surface area contributed by atoms with Crippen molar-refractivity contribution in [1.29, 1.82) is 0 Å². The average molecular weight is 260 g/mol. The second-order valence-electron chi connectivity index (χ2n) is 6.04. The molecule has 1 spiro atoms. The number of benzene rings is 1. The fourth-order valence-corrected chi connectivity index (χ4v) is 3.54. The van der Waals surface area contributed by atoms with E-state index in [1.165, 1.54) is 12.0 Å². The van der Waals surface area contributed by atoms with Gasteiger partial charge in [-0.05, 0) is 37.8 Å². The van der Waals surface area contributed by atoms with Crippen LogP contribution >= 0.6 is 0 Å². The van der Waals surface area contributed by atoms with Crippen LogP contribution in [0.1, 0.15) is 31.2 Å². The van der Waals surface area contributed by atoms with Crippen molar-refractivity contribution in [2.24, 2.45) is 0 Å². The molecule has 1 aromatic carbocycles. The molecule has 0 bridgehead atoms. The number of likely N-dealkylation sites (tertiary alicyclic amines) is 1. The summed E-state index contributed by atoms with van der Waals surface area (Å²) in [5.41, 5.74) is 1.65. The summed E-state index contributed by atoms with van der Waals surface area (Å²) in [5, 5.41) is 13.5. The van der Waals surface area contributed by atoms with Gasteiger partial charge < -0.3 is 10.4 Å². The van der Waals surface area contributed by atoms with Gasteiger partial charge in [0.25, 0.3) is 0 Å². The smallest absolute Gasteiger partial charge is 0.0553 e. The van der Waals surface area contributed by atoms with E-state index in [0.29, 0.717) is 0 Å². The molecule has 19 heavy (non-hydrogen) atoms. The second-order valence-corrected chi connectivity index (χ2v) is 6.04. The molecule has 0 aromatic heterocycles. The fraction of sp³-hybridized carbons (Fsp3) is 0.625. The van der Waals surface area contributed by atoms with E-state index < -0.39 is 0 Å². The van der Waals surface area contributed by atoms with Crippen LogP contribution in [0.4, 0.5) is 0 Å². The van der Waals surface area contributed by atoms with E-state index in [1.807, 2.05) is 0 Å². The van der Waals surface area contributed by atoms with E-state index in [4.69, 9.17) is 0 Å². The summed E-state index contributed by atoms with van der Waals surface area (Å²) in [6, 6.07) is 10.7. The molecule has 2 aliphatic rings. The summed E-state index contributed by atoms with van der Waals surface area (Å²) >= 11 is 0. The molecule has 0 radical (unpaired) electrons. The largest absolute Gasteiger partial charge is 0.393 e. The maximum absolute atomic E-state index is 9.97. The molecule has 3 nitrogen and oxygen atoms in total. The molecular weight excluding hydrogens is 236 g/mol. The van der Waals surface area contributed by atoms with Crippen LogP contribution < -0.4 is 5.32 Å². The topological polar surface area (TPSA) is 35.5 Å². The minimum Gasteiger partial charge on any atom is -0.393 e. The van der Waals surface area contributed by atoms with Crippen molar-refractivity contribution >= 4 is 0 Å².